The van der Waals surface area contributed by atoms with Gasteiger partial charge >= 0.3 is 0 Å². The average Bonchev–Trinajstić information content (AvgIpc) is 2.27. The van der Waals surface area contributed by atoms with Gasteiger partial charge in [0.25, 0.3) is 0 Å². The van der Waals surface area contributed by atoms with Crippen LogP contribution in [0.25, 0.3) is 0 Å². The van der Waals surface area contributed by atoms with Crippen molar-refractivity contribution < 1.29 is 0 Å². The summed E-state index contributed by atoms with van der Waals surface area (Å²) in [6.07, 6.45) is 3.34. The summed E-state index contributed by atoms with van der Waals surface area (Å²) in [5, 5.41) is 8.83. The third-order valence-corrected chi connectivity index (χ3v) is 2.89. The van der Waals surface area contributed by atoms with Crippen molar-refractivity contribution in [3.8, 4) is 6.07 Å². The summed E-state index contributed by atoms with van der Waals surface area (Å²) in [5.41, 5.74) is 7.44. The summed E-state index contributed by atoms with van der Waals surface area (Å²) in [5.74, 6) is -0.0283. The van der Waals surface area contributed by atoms with Gasteiger partial charge in [-0.3, -0.25) is 4.98 Å². The van der Waals surface area contributed by atoms with Crippen LogP contribution in [0.3, 0.4) is 0 Å². The van der Waals surface area contributed by atoms with Gasteiger partial charge in [0.15, 0.2) is 0 Å². The van der Waals surface area contributed by atoms with Crippen molar-refractivity contribution in [2.75, 3.05) is 23.7 Å². The van der Waals surface area contributed by atoms with Gasteiger partial charge in [-0.15, -0.1) is 0 Å². The van der Waals surface area contributed by atoms with E-state index in [1.165, 1.54) is 0 Å². The third kappa shape index (κ3) is 2.86. The van der Waals surface area contributed by atoms with Crippen molar-refractivity contribution in [3.05, 3.63) is 16.9 Å². The van der Waals surface area contributed by atoms with Crippen LogP contribution in [0.4, 0.5) is 11.4 Å². The van der Waals surface area contributed by atoms with E-state index < -0.39 is 0 Å². The second kappa shape index (κ2) is 5.71. The lowest BCUT2D eigenvalue weighted by Crippen LogP contribution is -2.28. The van der Waals surface area contributed by atoms with Gasteiger partial charge in [-0.2, -0.15) is 5.26 Å². The van der Waals surface area contributed by atoms with Gasteiger partial charge in [0.2, 0.25) is 0 Å². The van der Waals surface area contributed by atoms with E-state index in [1.54, 1.807) is 12.4 Å². The second-order valence-corrected chi connectivity index (χ2v) is 4.48. The number of rotatable bonds is 4. The molecule has 0 spiro atoms. The monoisotopic (exact) mass is 282 g/mol. The molecule has 0 saturated carbocycles. The zero-order chi connectivity index (χ0) is 12.1. The van der Waals surface area contributed by atoms with Crippen LogP contribution in [0.2, 0.25) is 0 Å². The highest BCUT2D eigenvalue weighted by molar-refractivity contribution is 9.10. The lowest BCUT2D eigenvalue weighted by molar-refractivity contribution is 0.685. The zero-order valence-corrected chi connectivity index (χ0v) is 11.0. The Morgan fingerprint density at radius 3 is 2.81 bits per heavy atom. The molecule has 1 unspecified atom stereocenters. The molecule has 0 aliphatic heterocycles. The molecule has 0 amide bonds. The maximum absolute atomic E-state index is 8.83. The molecule has 2 N–H and O–H groups in total. The molecular formula is C11H15BrN4. The van der Waals surface area contributed by atoms with E-state index in [4.69, 9.17) is 11.0 Å². The van der Waals surface area contributed by atoms with Gasteiger partial charge in [-0.1, -0.05) is 0 Å². The van der Waals surface area contributed by atoms with E-state index in [1.807, 2.05) is 13.8 Å². The fraction of sp³-hybridized carbons (Fsp3) is 0.455. The topological polar surface area (TPSA) is 65.9 Å². The lowest BCUT2D eigenvalue weighted by atomic mass is 10.2. The average molecular weight is 283 g/mol. The molecule has 86 valence electrons. The number of nitrogens with two attached hydrogens (primary N) is 1. The van der Waals surface area contributed by atoms with E-state index in [2.05, 4.69) is 31.9 Å². The van der Waals surface area contributed by atoms with Crippen LogP contribution in [0.5, 0.6) is 0 Å². The number of hydrogen-bond donors (Lipinski definition) is 1. The van der Waals surface area contributed by atoms with Crippen LogP contribution in [-0.2, 0) is 0 Å². The molecular weight excluding hydrogens is 268 g/mol. The summed E-state index contributed by atoms with van der Waals surface area (Å²) >= 11 is 3.43. The predicted octanol–water partition coefficient (Wildman–Crippen LogP) is 2.41. The third-order valence-electron chi connectivity index (χ3n) is 2.31. The Kier molecular flexibility index (Phi) is 4.56. The molecule has 1 aromatic heterocycles. The maximum atomic E-state index is 8.83. The van der Waals surface area contributed by atoms with E-state index in [0.717, 1.165) is 16.7 Å². The molecule has 0 bridgehead atoms. The normalized spacial score (nSPS) is 11.9. The molecule has 0 fully saturated rings. The van der Waals surface area contributed by atoms with Crippen LogP contribution >= 0.6 is 15.9 Å². The van der Waals surface area contributed by atoms with Gasteiger partial charge < -0.3 is 10.6 Å². The Labute approximate surface area is 104 Å². The fourth-order valence-electron chi connectivity index (χ4n) is 1.53. The van der Waals surface area contributed by atoms with Crippen molar-refractivity contribution in [1.82, 2.24) is 4.98 Å². The standard InChI is InChI=1S/C11H15BrN4/c1-3-16(7-8(2)4-13)11-9(12)5-15-6-10(11)14/h5-6,8H,3,7,14H2,1-2H3. The van der Waals surface area contributed by atoms with Crippen LogP contribution < -0.4 is 10.6 Å². The van der Waals surface area contributed by atoms with Crippen molar-refractivity contribution in [1.29, 1.82) is 5.26 Å². The van der Waals surface area contributed by atoms with Crippen molar-refractivity contribution >= 4 is 27.3 Å². The Bertz CT molecular complexity index is 379. The SMILES string of the molecule is CCN(CC(C)C#N)c1c(N)cncc1Br. The molecule has 1 atom stereocenters. The molecule has 1 heterocycles. The van der Waals surface area contributed by atoms with Crippen LogP contribution in [0.15, 0.2) is 16.9 Å². The number of halogens is 1. The number of hydrogen-bond acceptors (Lipinski definition) is 4. The van der Waals surface area contributed by atoms with Gasteiger partial charge in [-0.05, 0) is 29.8 Å². The minimum atomic E-state index is -0.0283. The molecule has 0 aliphatic carbocycles. The van der Waals surface area contributed by atoms with Gasteiger partial charge in [0, 0.05) is 19.3 Å². The fourth-order valence-corrected chi connectivity index (χ4v) is 2.12. The highest BCUT2D eigenvalue weighted by atomic mass is 79.9. The number of nitrogens with zero attached hydrogens (tertiary/aromatic N) is 3. The molecule has 0 aliphatic rings. The quantitative estimate of drug-likeness (QED) is 0.921. The first-order chi connectivity index (χ1) is 7.60. The van der Waals surface area contributed by atoms with Gasteiger partial charge in [-0.25, -0.2) is 0 Å². The highest BCUT2D eigenvalue weighted by Gasteiger charge is 2.14. The minimum Gasteiger partial charge on any atom is -0.396 e. The minimum absolute atomic E-state index is 0.0283. The van der Waals surface area contributed by atoms with Crippen molar-refractivity contribution in [3.63, 3.8) is 0 Å². The van der Waals surface area contributed by atoms with Crippen LogP contribution in [0.1, 0.15) is 13.8 Å². The summed E-state index contributed by atoms with van der Waals surface area (Å²) in [6, 6.07) is 2.22. The van der Waals surface area contributed by atoms with E-state index in [0.29, 0.717) is 12.2 Å². The predicted molar refractivity (Wildman–Crippen MR) is 69.0 cm³/mol. The Hall–Kier alpha value is -1.28. The van der Waals surface area contributed by atoms with Crippen molar-refractivity contribution in [2.45, 2.75) is 13.8 Å². The number of pyridine rings is 1. The summed E-state index contributed by atoms with van der Waals surface area (Å²) < 4.78 is 0.861. The Morgan fingerprint density at radius 2 is 2.31 bits per heavy atom. The van der Waals surface area contributed by atoms with Crippen molar-refractivity contribution in [2.24, 2.45) is 5.92 Å². The van der Waals surface area contributed by atoms with Gasteiger partial charge in [0.05, 0.1) is 34.0 Å². The molecule has 5 heteroatoms. The number of aromatic nitrogens is 1. The molecule has 4 nitrogen and oxygen atoms in total. The molecule has 1 aromatic rings. The first-order valence-electron chi connectivity index (χ1n) is 5.13. The Balaban J connectivity index is 3.00. The number of anilines is 2. The highest BCUT2D eigenvalue weighted by Crippen LogP contribution is 2.31. The summed E-state index contributed by atoms with van der Waals surface area (Å²) in [6.45, 7) is 5.41. The molecule has 16 heavy (non-hydrogen) atoms. The summed E-state index contributed by atoms with van der Waals surface area (Å²) in [7, 11) is 0. The molecule has 0 aromatic carbocycles. The Morgan fingerprint density at radius 1 is 1.62 bits per heavy atom. The van der Waals surface area contributed by atoms with E-state index >= 15 is 0 Å². The second-order valence-electron chi connectivity index (χ2n) is 3.63. The smallest absolute Gasteiger partial charge is 0.0776 e. The molecule has 0 radical (unpaired) electrons. The van der Waals surface area contributed by atoms with E-state index in [9.17, 15) is 0 Å². The summed E-state index contributed by atoms with van der Waals surface area (Å²) in [4.78, 5) is 6.08. The molecule has 1 rings (SSSR count). The van der Waals surface area contributed by atoms with E-state index in [-0.39, 0.29) is 5.92 Å². The van der Waals surface area contributed by atoms with Crippen LogP contribution in [-0.4, -0.2) is 18.1 Å². The molecule has 0 saturated heterocycles. The lowest BCUT2D eigenvalue weighted by Gasteiger charge is -2.26. The van der Waals surface area contributed by atoms with Crippen LogP contribution in [0, 0.1) is 17.2 Å². The number of nitrogen functional groups attached to an aromatic ring is 1. The first-order valence-corrected chi connectivity index (χ1v) is 5.93. The van der Waals surface area contributed by atoms with Gasteiger partial charge in [0.1, 0.15) is 0 Å². The largest absolute Gasteiger partial charge is 0.396 e. The number of nitriles is 1. The zero-order valence-electron chi connectivity index (χ0n) is 9.44. The first kappa shape index (κ1) is 12.8. The maximum Gasteiger partial charge on any atom is 0.0776 e.